The van der Waals surface area contributed by atoms with Gasteiger partial charge in [0.1, 0.15) is 5.56 Å². The zero-order valence-electron chi connectivity index (χ0n) is 22.4. The molecule has 39 heavy (non-hydrogen) atoms. The van der Waals surface area contributed by atoms with E-state index in [4.69, 9.17) is 0 Å². The van der Waals surface area contributed by atoms with Gasteiger partial charge in [0.2, 0.25) is 5.88 Å². The van der Waals surface area contributed by atoms with Gasteiger partial charge in [0.25, 0.3) is 11.5 Å². The predicted molar refractivity (Wildman–Crippen MR) is 153 cm³/mol. The molecule has 0 saturated carbocycles. The van der Waals surface area contributed by atoms with Crippen molar-refractivity contribution >= 4 is 23.4 Å². The molecule has 0 bridgehead atoms. The standard InChI is InChI=1S/C31H28N4O4/c1-18-11-13-26(20(3)15-18)33-28(36)25(29(37)34(31(33)39)27-14-12-19(2)16-21(27)4)17-24-22(5)32-35(30(24)38)23-9-7-6-8-10-23/h6-17,36H,1-5H3/b24-17-. The van der Waals surface area contributed by atoms with Crippen molar-refractivity contribution in [1.29, 1.82) is 0 Å². The van der Waals surface area contributed by atoms with Gasteiger partial charge in [0, 0.05) is 0 Å². The molecule has 1 aliphatic heterocycles. The maximum Gasteiger partial charge on any atom is 0.343 e. The molecular formula is C31H28N4O4. The summed E-state index contributed by atoms with van der Waals surface area (Å²) in [7, 11) is 0. The minimum absolute atomic E-state index is 0.143. The van der Waals surface area contributed by atoms with E-state index in [1.807, 2.05) is 58.0 Å². The Morgan fingerprint density at radius 1 is 0.744 bits per heavy atom. The molecule has 2 heterocycles. The quantitative estimate of drug-likeness (QED) is 0.393. The average molecular weight is 521 g/mol. The van der Waals surface area contributed by atoms with Crippen molar-refractivity contribution in [1.82, 2.24) is 9.13 Å². The number of anilines is 1. The minimum Gasteiger partial charge on any atom is -0.494 e. The number of hydrogen-bond donors (Lipinski definition) is 1. The Hall–Kier alpha value is -4.98. The number of amides is 1. The first kappa shape index (κ1) is 25.7. The molecule has 0 radical (unpaired) electrons. The lowest BCUT2D eigenvalue weighted by molar-refractivity contribution is -0.114. The third-order valence-electron chi connectivity index (χ3n) is 6.81. The summed E-state index contributed by atoms with van der Waals surface area (Å²) < 4.78 is 2.16. The third kappa shape index (κ3) is 4.40. The Morgan fingerprint density at radius 3 is 1.87 bits per heavy atom. The van der Waals surface area contributed by atoms with E-state index in [9.17, 15) is 19.5 Å². The van der Waals surface area contributed by atoms with E-state index in [0.29, 0.717) is 22.8 Å². The van der Waals surface area contributed by atoms with Crippen molar-refractivity contribution in [3.63, 3.8) is 0 Å². The van der Waals surface area contributed by atoms with E-state index in [1.54, 1.807) is 43.3 Å². The second-order valence-electron chi connectivity index (χ2n) is 9.77. The predicted octanol–water partition coefficient (Wildman–Crippen LogP) is 4.73. The number of hydrogen-bond acceptors (Lipinski definition) is 5. The molecule has 3 aromatic carbocycles. The van der Waals surface area contributed by atoms with Gasteiger partial charge in [-0.05, 0) is 76.1 Å². The Balaban J connectivity index is 1.80. The van der Waals surface area contributed by atoms with Gasteiger partial charge in [-0.15, -0.1) is 0 Å². The van der Waals surface area contributed by atoms with Gasteiger partial charge in [0.15, 0.2) is 0 Å². The first-order valence-electron chi connectivity index (χ1n) is 12.5. The van der Waals surface area contributed by atoms with Gasteiger partial charge < -0.3 is 5.11 Å². The molecule has 0 spiro atoms. The molecule has 1 amide bonds. The number of aromatic hydroxyl groups is 1. The topological polar surface area (TPSA) is 96.9 Å². The lowest BCUT2D eigenvalue weighted by Gasteiger charge is -2.18. The number of carbonyl (C=O) groups excluding carboxylic acids is 1. The SMILES string of the molecule is CC1=NN(c2ccccc2)C(=O)/C1=C\c1c(O)n(-c2ccc(C)cc2C)c(=O)n(-c2ccc(C)cc2C)c1=O. The molecule has 1 aliphatic rings. The van der Waals surface area contributed by atoms with Crippen molar-refractivity contribution in [3.8, 4) is 17.3 Å². The molecule has 0 saturated heterocycles. The number of hydrazone groups is 1. The minimum atomic E-state index is -0.739. The van der Waals surface area contributed by atoms with Crippen molar-refractivity contribution in [3.05, 3.63) is 121 Å². The van der Waals surface area contributed by atoms with Crippen LogP contribution in [0.4, 0.5) is 5.69 Å². The molecule has 1 aromatic heterocycles. The number of aryl methyl sites for hydroxylation is 4. The summed E-state index contributed by atoms with van der Waals surface area (Å²) >= 11 is 0. The van der Waals surface area contributed by atoms with E-state index in [-0.39, 0.29) is 11.1 Å². The van der Waals surface area contributed by atoms with Crippen LogP contribution in [-0.4, -0.2) is 25.9 Å². The molecule has 4 aromatic rings. The monoisotopic (exact) mass is 520 g/mol. The molecule has 8 nitrogen and oxygen atoms in total. The van der Waals surface area contributed by atoms with E-state index < -0.39 is 23.0 Å². The Morgan fingerprint density at radius 2 is 1.31 bits per heavy atom. The number of rotatable bonds is 4. The molecule has 0 atom stereocenters. The van der Waals surface area contributed by atoms with Gasteiger partial charge in [-0.25, -0.2) is 13.9 Å². The highest BCUT2D eigenvalue weighted by Crippen LogP contribution is 2.28. The number of benzene rings is 3. The number of para-hydroxylation sites is 1. The summed E-state index contributed by atoms with van der Waals surface area (Å²) in [5.74, 6) is -0.996. The zero-order chi connectivity index (χ0) is 28.0. The summed E-state index contributed by atoms with van der Waals surface area (Å²) in [6.45, 7) is 9.15. The van der Waals surface area contributed by atoms with Crippen LogP contribution >= 0.6 is 0 Å². The van der Waals surface area contributed by atoms with E-state index in [0.717, 1.165) is 31.4 Å². The maximum atomic E-state index is 13.9. The third-order valence-corrected chi connectivity index (χ3v) is 6.81. The molecule has 0 aliphatic carbocycles. The van der Waals surface area contributed by atoms with Crippen LogP contribution < -0.4 is 16.3 Å². The largest absolute Gasteiger partial charge is 0.494 e. The number of aromatic nitrogens is 2. The lowest BCUT2D eigenvalue weighted by Crippen LogP contribution is -2.40. The summed E-state index contributed by atoms with van der Waals surface area (Å²) in [5, 5.41) is 17.1. The van der Waals surface area contributed by atoms with Crippen LogP contribution in [0.3, 0.4) is 0 Å². The maximum absolute atomic E-state index is 13.9. The van der Waals surface area contributed by atoms with E-state index >= 15 is 0 Å². The van der Waals surface area contributed by atoms with Crippen LogP contribution in [0.1, 0.15) is 34.7 Å². The van der Waals surface area contributed by atoms with Crippen LogP contribution in [0.2, 0.25) is 0 Å². The summed E-state index contributed by atoms with van der Waals surface area (Å²) in [6.07, 6.45) is 1.32. The van der Waals surface area contributed by atoms with Gasteiger partial charge in [-0.2, -0.15) is 10.1 Å². The fraction of sp³-hybridized carbons (Fsp3) is 0.161. The Bertz CT molecular complexity index is 1830. The summed E-state index contributed by atoms with van der Waals surface area (Å²) in [5.41, 5.74) is 3.68. The molecule has 5 rings (SSSR count). The number of nitrogens with zero attached hydrogens (tertiary/aromatic N) is 4. The summed E-state index contributed by atoms with van der Waals surface area (Å²) in [4.78, 5) is 41.2. The fourth-order valence-electron chi connectivity index (χ4n) is 4.86. The highest BCUT2D eigenvalue weighted by atomic mass is 16.3. The smallest absolute Gasteiger partial charge is 0.343 e. The Kier molecular flexibility index (Phi) is 6.39. The van der Waals surface area contributed by atoms with Crippen molar-refractivity contribution in [2.45, 2.75) is 34.6 Å². The molecule has 0 fully saturated rings. The van der Waals surface area contributed by atoms with Gasteiger partial charge in [-0.3, -0.25) is 9.59 Å². The highest BCUT2D eigenvalue weighted by Gasteiger charge is 2.30. The molecule has 0 unspecified atom stereocenters. The van der Waals surface area contributed by atoms with Crippen LogP contribution in [0.25, 0.3) is 17.5 Å². The summed E-state index contributed by atoms with van der Waals surface area (Å²) in [6, 6.07) is 19.8. The van der Waals surface area contributed by atoms with E-state index in [2.05, 4.69) is 5.10 Å². The lowest BCUT2D eigenvalue weighted by atomic mass is 10.1. The average Bonchev–Trinajstić information content (AvgIpc) is 3.17. The highest BCUT2D eigenvalue weighted by molar-refractivity contribution is 6.32. The van der Waals surface area contributed by atoms with Gasteiger partial charge in [-0.1, -0.05) is 53.6 Å². The molecular weight excluding hydrogens is 492 g/mol. The van der Waals surface area contributed by atoms with Crippen molar-refractivity contribution in [2.24, 2.45) is 5.10 Å². The van der Waals surface area contributed by atoms with Gasteiger partial charge in [0.05, 0.1) is 28.3 Å². The Labute approximate surface area is 225 Å². The molecule has 196 valence electrons. The first-order valence-corrected chi connectivity index (χ1v) is 12.5. The molecule has 8 heteroatoms. The second kappa shape index (κ2) is 9.72. The van der Waals surface area contributed by atoms with Gasteiger partial charge >= 0.3 is 5.69 Å². The van der Waals surface area contributed by atoms with Crippen LogP contribution in [0.15, 0.2) is 87.0 Å². The van der Waals surface area contributed by atoms with Crippen molar-refractivity contribution < 1.29 is 9.90 Å². The normalized spacial score (nSPS) is 14.3. The van der Waals surface area contributed by atoms with Crippen LogP contribution in [0.5, 0.6) is 5.88 Å². The molecule has 1 N–H and O–H groups in total. The van der Waals surface area contributed by atoms with E-state index in [1.165, 1.54) is 11.1 Å². The van der Waals surface area contributed by atoms with Crippen molar-refractivity contribution in [2.75, 3.05) is 5.01 Å². The zero-order valence-corrected chi connectivity index (χ0v) is 22.4. The second-order valence-corrected chi connectivity index (χ2v) is 9.77. The van der Waals surface area contributed by atoms with Crippen LogP contribution in [0, 0.1) is 27.7 Å². The number of carbonyl (C=O) groups is 1. The fourth-order valence-corrected chi connectivity index (χ4v) is 4.86. The van der Waals surface area contributed by atoms with Crippen LogP contribution in [-0.2, 0) is 4.79 Å². The first-order chi connectivity index (χ1) is 18.6.